The van der Waals surface area contributed by atoms with Crippen molar-refractivity contribution in [1.29, 1.82) is 0 Å². The lowest BCUT2D eigenvalue weighted by Crippen LogP contribution is -2.48. The van der Waals surface area contributed by atoms with Crippen LogP contribution in [-0.2, 0) is 4.79 Å². The van der Waals surface area contributed by atoms with E-state index >= 15 is 0 Å². The lowest BCUT2D eigenvalue weighted by atomic mass is 9.99. The van der Waals surface area contributed by atoms with Crippen molar-refractivity contribution in [3.05, 3.63) is 27.7 Å². The molecule has 0 aliphatic carbocycles. The van der Waals surface area contributed by atoms with Gasteiger partial charge >= 0.3 is 0 Å². The van der Waals surface area contributed by atoms with Crippen LogP contribution < -0.4 is 10.5 Å². The lowest BCUT2D eigenvalue weighted by Gasteiger charge is -2.36. The molecule has 4 nitrogen and oxygen atoms in total. The summed E-state index contributed by atoms with van der Waals surface area (Å²) in [5.74, 6) is 0.820. The highest BCUT2D eigenvalue weighted by Gasteiger charge is 2.26. The lowest BCUT2D eigenvalue weighted by molar-refractivity contribution is -0.135. The molecule has 0 radical (unpaired) electrons. The van der Waals surface area contributed by atoms with Crippen molar-refractivity contribution in [3.63, 3.8) is 0 Å². The van der Waals surface area contributed by atoms with Gasteiger partial charge < -0.3 is 15.4 Å². The minimum absolute atomic E-state index is 0.125. The van der Waals surface area contributed by atoms with Crippen LogP contribution in [0.25, 0.3) is 0 Å². The number of ether oxygens (including phenoxy) is 1. The highest BCUT2D eigenvalue weighted by molar-refractivity contribution is 9.10. The first-order chi connectivity index (χ1) is 9.97. The number of likely N-dealkylation sites (tertiary alicyclic amines) is 1. The number of hydrogen-bond acceptors (Lipinski definition) is 3. The van der Waals surface area contributed by atoms with E-state index in [0.717, 1.165) is 23.9 Å². The van der Waals surface area contributed by atoms with Crippen molar-refractivity contribution in [1.82, 2.24) is 4.90 Å². The SMILES string of the molecule is C[C@@H]1C[C@@H](N)CCN1C(=O)CCOc1ccc(Cl)cc1Br. The topological polar surface area (TPSA) is 55.6 Å². The number of rotatable bonds is 4. The average molecular weight is 376 g/mol. The number of amides is 1. The molecule has 2 N–H and O–H groups in total. The highest BCUT2D eigenvalue weighted by atomic mass is 79.9. The standard InChI is InChI=1S/C15H20BrClN2O2/c1-10-8-12(18)4-6-19(10)15(20)5-7-21-14-3-2-11(17)9-13(14)16/h2-3,9-10,12H,4-8,18H2,1H3/t10-,12+/m1/s1. The van der Waals surface area contributed by atoms with Crippen LogP contribution in [0.15, 0.2) is 22.7 Å². The summed E-state index contributed by atoms with van der Waals surface area (Å²) in [7, 11) is 0. The summed E-state index contributed by atoms with van der Waals surface area (Å²) < 4.78 is 6.42. The third-order valence-electron chi connectivity index (χ3n) is 3.70. The molecule has 1 aromatic rings. The summed E-state index contributed by atoms with van der Waals surface area (Å²) >= 11 is 9.26. The van der Waals surface area contributed by atoms with Crippen LogP contribution in [0.3, 0.4) is 0 Å². The molecule has 116 valence electrons. The van der Waals surface area contributed by atoms with Gasteiger partial charge in [-0.3, -0.25) is 4.79 Å². The first kappa shape index (κ1) is 16.6. The van der Waals surface area contributed by atoms with E-state index in [1.54, 1.807) is 18.2 Å². The molecule has 0 unspecified atom stereocenters. The van der Waals surface area contributed by atoms with Gasteiger partial charge in [0.05, 0.1) is 17.5 Å². The number of nitrogens with two attached hydrogens (primary N) is 1. The molecule has 0 bridgehead atoms. The van der Waals surface area contributed by atoms with Gasteiger partial charge in [0.25, 0.3) is 0 Å². The van der Waals surface area contributed by atoms with E-state index in [0.29, 0.717) is 23.8 Å². The van der Waals surface area contributed by atoms with Gasteiger partial charge in [-0.2, -0.15) is 0 Å². The van der Waals surface area contributed by atoms with Gasteiger partial charge in [0.1, 0.15) is 5.75 Å². The Morgan fingerprint density at radius 2 is 2.33 bits per heavy atom. The van der Waals surface area contributed by atoms with Crippen molar-refractivity contribution in [2.24, 2.45) is 5.73 Å². The van der Waals surface area contributed by atoms with E-state index in [4.69, 9.17) is 22.1 Å². The molecule has 1 saturated heterocycles. The van der Waals surface area contributed by atoms with Gasteiger partial charge in [-0.1, -0.05) is 11.6 Å². The molecular weight excluding hydrogens is 356 g/mol. The molecule has 1 aromatic carbocycles. The Labute approximate surface area is 138 Å². The Morgan fingerprint density at radius 3 is 3.00 bits per heavy atom. The molecule has 2 atom stereocenters. The van der Waals surface area contributed by atoms with E-state index in [9.17, 15) is 4.79 Å². The Hall–Kier alpha value is -0.780. The molecule has 0 spiro atoms. The second-order valence-electron chi connectivity index (χ2n) is 5.39. The summed E-state index contributed by atoms with van der Waals surface area (Å²) in [6, 6.07) is 5.75. The fourth-order valence-corrected chi connectivity index (χ4v) is 3.36. The fraction of sp³-hybridized carbons (Fsp3) is 0.533. The quantitative estimate of drug-likeness (QED) is 0.879. The fourth-order valence-electron chi connectivity index (χ4n) is 2.56. The first-order valence-corrected chi connectivity index (χ1v) is 8.27. The van der Waals surface area contributed by atoms with Crippen LogP contribution in [0.2, 0.25) is 5.02 Å². The molecule has 21 heavy (non-hydrogen) atoms. The summed E-state index contributed by atoms with van der Waals surface area (Å²) in [4.78, 5) is 14.1. The maximum absolute atomic E-state index is 12.2. The van der Waals surface area contributed by atoms with Crippen LogP contribution >= 0.6 is 27.5 Å². The van der Waals surface area contributed by atoms with Crippen LogP contribution in [0.1, 0.15) is 26.2 Å². The number of nitrogens with zero attached hydrogens (tertiary/aromatic N) is 1. The van der Waals surface area contributed by atoms with Crippen LogP contribution in [0.5, 0.6) is 5.75 Å². The summed E-state index contributed by atoms with van der Waals surface area (Å²) in [5.41, 5.74) is 5.91. The highest BCUT2D eigenvalue weighted by Crippen LogP contribution is 2.28. The zero-order chi connectivity index (χ0) is 15.4. The smallest absolute Gasteiger partial charge is 0.226 e. The normalized spacial score (nSPS) is 22.2. The first-order valence-electron chi connectivity index (χ1n) is 7.10. The molecule has 1 aliphatic rings. The molecular formula is C15H20BrClN2O2. The number of benzene rings is 1. The number of hydrogen-bond donors (Lipinski definition) is 1. The summed E-state index contributed by atoms with van der Waals surface area (Å²) in [6.07, 6.45) is 2.11. The largest absolute Gasteiger partial charge is 0.492 e. The second kappa shape index (κ2) is 7.47. The van der Waals surface area contributed by atoms with E-state index < -0.39 is 0 Å². The van der Waals surface area contributed by atoms with Crippen molar-refractivity contribution in [3.8, 4) is 5.75 Å². The Morgan fingerprint density at radius 1 is 1.57 bits per heavy atom. The van der Waals surface area contributed by atoms with Crippen molar-refractivity contribution >= 4 is 33.4 Å². The van der Waals surface area contributed by atoms with Crippen LogP contribution in [0.4, 0.5) is 0 Å². The van der Waals surface area contributed by atoms with E-state index in [2.05, 4.69) is 15.9 Å². The van der Waals surface area contributed by atoms with Gasteiger partial charge in [0, 0.05) is 23.7 Å². The van der Waals surface area contributed by atoms with Crippen molar-refractivity contribution in [2.75, 3.05) is 13.2 Å². The Balaban J connectivity index is 1.81. The summed E-state index contributed by atoms with van der Waals surface area (Å²) in [6.45, 7) is 3.15. The van der Waals surface area contributed by atoms with E-state index in [1.165, 1.54) is 0 Å². The summed E-state index contributed by atoms with van der Waals surface area (Å²) in [5, 5.41) is 0.642. The van der Waals surface area contributed by atoms with Gasteiger partial charge in [-0.15, -0.1) is 0 Å². The third-order valence-corrected chi connectivity index (χ3v) is 4.56. The number of piperidine rings is 1. The predicted octanol–water partition coefficient (Wildman–Crippen LogP) is 3.21. The molecule has 1 amide bonds. The number of carbonyl (C=O) groups is 1. The third kappa shape index (κ3) is 4.59. The van der Waals surface area contributed by atoms with E-state index in [1.807, 2.05) is 11.8 Å². The maximum atomic E-state index is 12.2. The van der Waals surface area contributed by atoms with Gasteiger partial charge in [0.2, 0.25) is 5.91 Å². The minimum atomic E-state index is 0.125. The predicted molar refractivity (Wildman–Crippen MR) is 87.6 cm³/mol. The molecule has 2 rings (SSSR count). The van der Waals surface area contributed by atoms with Gasteiger partial charge in [0.15, 0.2) is 0 Å². The second-order valence-corrected chi connectivity index (χ2v) is 6.68. The molecule has 1 heterocycles. The molecule has 6 heteroatoms. The van der Waals surface area contributed by atoms with Gasteiger partial charge in [-0.05, 0) is 53.9 Å². The monoisotopic (exact) mass is 374 g/mol. The van der Waals surface area contributed by atoms with Crippen LogP contribution in [-0.4, -0.2) is 36.0 Å². The van der Waals surface area contributed by atoms with Gasteiger partial charge in [-0.25, -0.2) is 0 Å². The van der Waals surface area contributed by atoms with Crippen LogP contribution in [0, 0.1) is 0 Å². The Kier molecular flexibility index (Phi) is 5.90. The van der Waals surface area contributed by atoms with Crippen molar-refractivity contribution in [2.45, 2.75) is 38.3 Å². The molecule has 1 fully saturated rings. The maximum Gasteiger partial charge on any atom is 0.226 e. The number of halogens is 2. The molecule has 0 saturated carbocycles. The molecule has 1 aliphatic heterocycles. The zero-order valence-electron chi connectivity index (χ0n) is 12.0. The van der Waals surface area contributed by atoms with E-state index in [-0.39, 0.29) is 18.0 Å². The van der Waals surface area contributed by atoms with Crippen molar-refractivity contribution < 1.29 is 9.53 Å². The average Bonchev–Trinajstić information content (AvgIpc) is 2.41. The number of carbonyl (C=O) groups excluding carboxylic acids is 1. The zero-order valence-corrected chi connectivity index (χ0v) is 14.4. The Bertz CT molecular complexity index is 512. The minimum Gasteiger partial charge on any atom is -0.492 e. The molecule has 0 aromatic heterocycles.